The van der Waals surface area contributed by atoms with Crippen LogP contribution in [-0.4, -0.2) is 51.6 Å². The maximum Gasteiger partial charge on any atom is 0.241 e. The zero-order chi connectivity index (χ0) is 18.7. The Balaban J connectivity index is 1.80. The molecule has 0 saturated carbocycles. The summed E-state index contributed by atoms with van der Waals surface area (Å²) in [6, 6.07) is 4.57. The minimum atomic E-state index is -3.75. The number of nitrogens with one attached hydrogen (secondary N) is 1. The molecule has 0 aromatic heterocycles. The van der Waals surface area contributed by atoms with Crippen LogP contribution in [-0.2, 0) is 32.4 Å². The smallest absolute Gasteiger partial charge is 0.241 e. The van der Waals surface area contributed by atoms with E-state index < -0.39 is 16.1 Å². The van der Waals surface area contributed by atoms with Crippen LogP contribution in [0.25, 0.3) is 0 Å². The molecule has 0 bridgehead atoms. The first-order valence-corrected chi connectivity index (χ1v) is 10.9. The number of ether oxygens (including phenoxy) is 1. The monoisotopic (exact) mass is 380 g/mol. The van der Waals surface area contributed by atoms with Gasteiger partial charge in [0.1, 0.15) is 6.04 Å². The van der Waals surface area contributed by atoms with Gasteiger partial charge in [-0.2, -0.15) is 4.72 Å². The molecule has 1 N–H and O–H groups in total. The number of hydrogen-bond acceptors (Lipinski definition) is 4. The Morgan fingerprint density at radius 1 is 1.12 bits per heavy atom. The minimum absolute atomic E-state index is 0.141. The highest BCUT2D eigenvalue weighted by atomic mass is 32.2. The number of amides is 1. The molecule has 7 heteroatoms. The summed E-state index contributed by atoms with van der Waals surface area (Å²) in [7, 11) is -3.75. The fourth-order valence-corrected chi connectivity index (χ4v) is 4.95. The fraction of sp³-hybridized carbons (Fsp3) is 0.632. The van der Waals surface area contributed by atoms with Crippen LogP contribution in [0.1, 0.15) is 37.8 Å². The van der Waals surface area contributed by atoms with Crippen LogP contribution >= 0.6 is 0 Å². The van der Waals surface area contributed by atoms with Gasteiger partial charge in [-0.25, -0.2) is 8.42 Å². The maximum atomic E-state index is 12.9. The van der Waals surface area contributed by atoms with Crippen LogP contribution in [0.2, 0.25) is 0 Å². The minimum Gasteiger partial charge on any atom is -0.378 e. The third-order valence-electron chi connectivity index (χ3n) is 5.17. The van der Waals surface area contributed by atoms with E-state index in [9.17, 15) is 13.2 Å². The molecule has 6 nitrogen and oxygen atoms in total. The van der Waals surface area contributed by atoms with Crippen molar-refractivity contribution in [3.8, 4) is 0 Å². The molecule has 0 unspecified atom stereocenters. The first-order valence-electron chi connectivity index (χ1n) is 9.39. The molecular formula is C19H28N2O4S. The lowest BCUT2D eigenvalue weighted by atomic mass is 9.92. The van der Waals surface area contributed by atoms with Gasteiger partial charge in [0.2, 0.25) is 15.9 Å². The number of morpholine rings is 1. The van der Waals surface area contributed by atoms with Crippen LogP contribution in [0.15, 0.2) is 23.1 Å². The molecule has 0 radical (unpaired) electrons. The molecule has 0 spiro atoms. The van der Waals surface area contributed by atoms with E-state index in [1.165, 1.54) is 5.56 Å². The number of benzene rings is 1. The predicted octanol–water partition coefficient (Wildman–Crippen LogP) is 1.73. The maximum absolute atomic E-state index is 12.9. The highest BCUT2D eigenvalue weighted by Gasteiger charge is 2.32. The van der Waals surface area contributed by atoms with Crippen molar-refractivity contribution >= 4 is 15.9 Å². The highest BCUT2D eigenvalue weighted by molar-refractivity contribution is 7.89. The van der Waals surface area contributed by atoms with Gasteiger partial charge in [-0.3, -0.25) is 4.79 Å². The molecular weight excluding hydrogens is 352 g/mol. The van der Waals surface area contributed by atoms with Crippen LogP contribution < -0.4 is 4.72 Å². The molecule has 1 aliphatic carbocycles. The van der Waals surface area contributed by atoms with Crippen molar-refractivity contribution < 1.29 is 17.9 Å². The molecule has 2 aliphatic rings. The van der Waals surface area contributed by atoms with Gasteiger partial charge in [-0.05, 0) is 54.9 Å². The molecule has 1 amide bonds. The average molecular weight is 381 g/mol. The van der Waals surface area contributed by atoms with Crippen molar-refractivity contribution in [2.45, 2.75) is 50.5 Å². The molecule has 1 atom stereocenters. The first kappa shape index (κ1) is 19.3. The Bertz CT molecular complexity index is 755. The van der Waals surface area contributed by atoms with Gasteiger partial charge in [0.25, 0.3) is 0 Å². The number of carbonyl (C=O) groups excluding carboxylic acids is 1. The summed E-state index contributed by atoms with van der Waals surface area (Å²) >= 11 is 0. The number of carbonyl (C=O) groups is 1. The van der Waals surface area contributed by atoms with Crippen LogP contribution in [0, 0.1) is 5.92 Å². The Morgan fingerprint density at radius 2 is 1.77 bits per heavy atom. The summed E-state index contributed by atoms with van der Waals surface area (Å²) in [6.45, 7) is 5.71. The van der Waals surface area contributed by atoms with E-state index in [-0.39, 0.29) is 16.7 Å². The summed E-state index contributed by atoms with van der Waals surface area (Å²) in [6.07, 6.45) is 4.17. The summed E-state index contributed by atoms with van der Waals surface area (Å²) < 4.78 is 33.8. The van der Waals surface area contributed by atoms with Crippen molar-refractivity contribution in [1.82, 2.24) is 9.62 Å². The average Bonchev–Trinajstić information content (AvgIpc) is 2.65. The van der Waals surface area contributed by atoms with Crippen LogP contribution in [0.4, 0.5) is 0 Å². The van der Waals surface area contributed by atoms with E-state index in [1.54, 1.807) is 17.0 Å². The topological polar surface area (TPSA) is 75.7 Å². The Kier molecular flexibility index (Phi) is 5.99. The number of nitrogens with zero attached hydrogens (tertiary/aromatic N) is 1. The molecule has 1 aliphatic heterocycles. The largest absolute Gasteiger partial charge is 0.378 e. The molecule has 1 heterocycles. The summed E-state index contributed by atoms with van der Waals surface area (Å²) in [4.78, 5) is 14.8. The van der Waals surface area contributed by atoms with Crippen molar-refractivity contribution in [2.75, 3.05) is 26.3 Å². The van der Waals surface area contributed by atoms with Gasteiger partial charge >= 0.3 is 0 Å². The van der Waals surface area contributed by atoms with Crippen molar-refractivity contribution in [1.29, 1.82) is 0 Å². The predicted molar refractivity (Wildman–Crippen MR) is 99.4 cm³/mol. The number of aryl methyl sites for hydroxylation is 2. The van der Waals surface area contributed by atoms with Crippen molar-refractivity contribution in [2.24, 2.45) is 5.92 Å². The molecule has 26 heavy (non-hydrogen) atoms. The zero-order valence-electron chi connectivity index (χ0n) is 15.5. The molecule has 1 fully saturated rings. The summed E-state index contributed by atoms with van der Waals surface area (Å²) in [5.41, 5.74) is 2.35. The first-order chi connectivity index (χ1) is 12.4. The Morgan fingerprint density at radius 3 is 2.42 bits per heavy atom. The van der Waals surface area contributed by atoms with E-state index in [4.69, 9.17) is 4.74 Å². The summed E-state index contributed by atoms with van der Waals surface area (Å²) in [5.74, 6) is -0.317. The number of hydrogen-bond donors (Lipinski definition) is 1. The van der Waals surface area contributed by atoms with Gasteiger partial charge in [-0.1, -0.05) is 19.9 Å². The Hall–Kier alpha value is -1.44. The van der Waals surface area contributed by atoms with E-state index in [2.05, 4.69) is 4.72 Å². The fourth-order valence-electron chi connectivity index (χ4n) is 3.56. The third kappa shape index (κ3) is 4.27. The number of fused-ring (bicyclic) bond motifs is 1. The van der Waals surface area contributed by atoms with Gasteiger partial charge in [0, 0.05) is 13.1 Å². The van der Waals surface area contributed by atoms with Gasteiger partial charge in [-0.15, -0.1) is 0 Å². The van der Waals surface area contributed by atoms with Crippen LogP contribution in [0.3, 0.4) is 0 Å². The molecule has 1 aromatic rings. The summed E-state index contributed by atoms with van der Waals surface area (Å²) in [5, 5.41) is 0. The van der Waals surface area contributed by atoms with Gasteiger partial charge < -0.3 is 9.64 Å². The molecule has 1 saturated heterocycles. The lowest BCUT2D eigenvalue weighted by Gasteiger charge is -2.32. The normalized spacial score (nSPS) is 19.3. The number of rotatable bonds is 5. The van der Waals surface area contributed by atoms with Crippen LogP contribution in [0.5, 0.6) is 0 Å². The molecule has 1 aromatic carbocycles. The second-order valence-corrected chi connectivity index (χ2v) is 9.13. The lowest BCUT2D eigenvalue weighted by Crippen LogP contribution is -2.53. The van der Waals surface area contributed by atoms with Gasteiger partial charge in [0.15, 0.2) is 0 Å². The van der Waals surface area contributed by atoms with E-state index in [0.717, 1.165) is 31.2 Å². The third-order valence-corrected chi connectivity index (χ3v) is 6.61. The SMILES string of the molecule is CC(C)[C@H](NS(=O)(=O)c1ccc2c(c1)CCCC2)C(=O)N1CCOCC1. The molecule has 3 rings (SSSR count). The zero-order valence-corrected chi connectivity index (χ0v) is 16.3. The van der Waals surface area contributed by atoms with E-state index >= 15 is 0 Å². The standard InChI is InChI=1S/C19H28N2O4S/c1-14(2)18(19(22)21-9-11-25-12-10-21)20-26(23,24)17-8-7-15-5-3-4-6-16(15)13-17/h7-8,13-14,18,20H,3-6,9-12H2,1-2H3/t18-/m0/s1. The van der Waals surface area contributed by atoms with Crippen molar-refractivity contribution in [3.63, 3.8) is 0 Å². The lowest BCUT2D eigenvalue weighted by molar-refractivity contribution is -0.138. The second kappa shape index (κ2) is 8.06. The second-order valence-electron chi connectivity index (χ2n) is 7.42. The highest BCUT2D eigenvalue weighted by Crippen LogP contribution is 2.24. The van der Waals surface area contributed by atoms with Crippen molar-refractivity contribution in [3.05, 3.63) is 29.3 Å². The van der Waals surface area contributed by atoms with E-state index in [1.807, 2.05) is 19.9 Å². The molecule has 144 valence electrons. The van der Waals surface area contributed by atoms with E-state index in [0.29, 0.717) is 26.3 Å². The Labute approximate surface area is 156 Å². The van der Waals surface area contributed by atoms with Gasteiger partial charge in [0.05, 0.1) is 18.1 Å². The number of sulfonamides is 1. The quantitative estimate of drug-likeness (QED) is 0.844.